The lowest BCUT2D eigenvalue weighted by Gasteiger charge is -2.22. The fourth-order valence-electron chi connectivity index (χ4n) is 3.42. The highest BCUT2D eigenvalue weighted by Gasteiger charge is 2.36. The van der Waals surface area contributed by atoms with Gasteiger partial charge in [-0.05, 0) is 29.3 Å². The number of rotatable bonds is 1. The summed E-state index contributed by atoms with van der Waals surface area (Å²) >= 11 is 0. The molecular weight excluding hydrogens is 258 g/mol. The summed E-state index contributed by atoms with van der Waals surface area (Å²) in [5, 5.41) is 0. The lowest BCUT2D eigenvalue weighted by Crippen LogP contribution is -2.21. The van der Waals surface area contributed by atoms with Crippen LogP contribution in [0.1, 0.15) is 25.1 Å². The molecule has 21 heavy (non-hydrogen) atoms. The molecule has 0 spiro atoms. The average molecular weight is 277 g/mol. The molecule has 1 aromatic heterocycles. The molecule has 1 aromatic carbocycles. The standard InChI is InChI=1S/C18H19N3/c1-18(2)16-7-6-13(21-10-9-20(3)12-21)11-15(16)14-5-4-8-19-17(14)18/h4-11H,12H2,1-3H3. The van der Waals surface area contributed by atoms with Gasteiger partial charge in [-0.15, -0.1) is 0 Å². The molecule has 0 amide bonds. The molecule has 1 aliphatic heterocycles. The molecule has 0 unspecified atom stereocenters. The second-order valence-corrected chi connectivity index (χ2v) is 6.42. The number of fused-ring (bicyclic) bond motifs is 3. The lowest BCUT2D eigenvalue weighted by molar-refractivity contribution is 0.495. The van der Waals surface area contributed by atoms with Crippen LogP contribution in [0.3, 0.4) is 0 Å². The minimum absolute atomic E-state index is 0.0118. The first-order valence-electron chi connectivity index (χ1n) is 7.33. The normalized spacial score (nSPS) is 18.0. The first-order valence-corrected chi connectivity index (χ1v) is 7.33. The Morgan fingerprint density at radius 2 is 1.95 bits per heavy atom. The van der Waals surface area contributed by atoms with E-state index in [1.165, 1.54) is 28.1 Å². The van der Waals surface area contributed by atoms with Gasteiger partial charge in [0, 0.05) is 42.3 Å². The van der Waals surface area contributed by atoms with Crippen molar-refractivity contribution >= 4 is 5.69 Å². The molecule has 0 radical (unpaired) electrons. The third kappa shape index (κ3) is 1.70. The molecule has 1 aliphatic carbocycles. The zero-order chi connectivity index (χ0) is 14.6. The molecule has 2 aromatic rings. The molecule has 0 atom stereocenters. The summed E-state index contributed by atoms with van der Waals surface area (Å²) in [6.07, 6.45) is 6.13. The number of nitrogens with zero attached hydrogens (tertiary/aromatic N) is 3. The Labute approximate surface area is 125 Å². The van der Waals surface area contributed by atoms with E-state index in [4.69, 9.17) is 0 Å². The van der Waals surface area contributed by atoms with E-state index in [0.717, 1.165) is 6.67 Å². The van der Waals surface area contributed by atoms with Gasteiger partial charge in [-0.2, -0.15) is 0 Å². The van der Waals surface area contributed by atoms with E-state index in [-0.39, 0.29) is 5.41 Å². The molecule has 0 N–H and O–H groups in total. The highest BCUT2D eigenvalue weighted by Crippen LogP contribution is 2.48. The van der Waals surface area contributed by atoms with Gasteiger partial charge in [-0.3, -0.25) is 4.98 Å². The number of hydrogen-bond donors (Lipinski definition) is 0. The number of anilines is 1. The third-order valence-corrected chi connectivity index (χ3v) is 4.57. The van der Waals surface area contributed by atoms with Crippen LogP contribution in [0.2, 0.25) is 0 Å². The highest BCUT2D eigenvalue weighted by molar-refractivity contribution is 5.82. The zero-order valence-electron chi connectivity index (χ0n) is 12.7. The summed E-state index contributed by atoms with van der Waals surface area (Å²) in [7, 11) is 2.09. The molecule has 0 saturated carbocycles. The van der Waals surface area contributed by atoms with E-state index >= 15 is 0 Å². The predicted octanol–water partition coefficient (Wildman–Crippen LogP) is 3.57. The molecule has 0 saturated heterocycles. The number of pyridine rings is 1. The van der Waals surface area contributed by atoms with Gasteiger partial charge in [0.25, 0.3) is 0 Å². The van der Waals surface area contributed by atoms with Crippen molar-refractivity contribution in [3.63, 3.8) is 0 Å². The molecular formula is C18H19N3. The van der Waals surface area contributed by atoms with Crippen molar-refractivity contribution in [1.82, 2.24) is 9.88 Å². The molecule has 2 aliphatic rings. The van der Waals surface area contributed by atoms with Crippen LogP contribution in [0.25, 0.3) is 11.1 Å². The number of aromatic nitrogens is 1. The fourth-order valence-corrected chi connectivity index (χ4v) is 3.42. The van der Waals surface area contributed by atoms with E-state index in [1.807, 2.05) is 12.3 Å². The summed E-state index contributed by atoms with van der Waals surface area (Å²) in [6.45, 7) is 5.42. The quantitative estimate of drug-likeness (QED) is 0.794. The maximum Gasteiger partial charge on any atom is 0.0938 e. The minimum atomic E-state index is -0.0118. The molecule has 0 bridgehead atoms. The molecule has 3 nitrogen and oxygen atoms in total. The maximum atomic E-state index is 4.63. The molecule has 106 valence electrons. The van der Waals surface area contributed by atoms with E-state index < -0.39 is 0 Å². The van der Waals surface area contributed by atoms with Gasteiger partial charge in [0.15, 0.2) is 0 Å². The smallest absolute Gasteiger partial charge is 0.0938 e. The largest absolute Gasteiger partial charge is 0.361 e. The second-order valence-electron chi connectivity index (χ2n) is 6.42. The lowest BCUT2D eigenvalue weighted by atomic mass is 9.85. The number of benzene rings is 1. The Balaban J connectivity index is 1.86. The van der Waals surface area contributed by atoms with Crippen LogP contribution in [0.4, 0.5) is 5.69 Å². The Kier molecular flexibility index (Phi) is 2.43. The van der Waals surface area contributed by atoms with Gasteiger partial charge >= 0.3 is 0 Å². The van der Waals surface area contributed by atoms with Crippen molar-refractivity contribution in [3.8, 4) is 11.1 Å². The summed E-state index contributed by atoms with van der Waals surface area (Å²) < 4.78 is 0. The van der Waals surface area contributed by atoms with E-state index in [9.17, 15) is 0 Å². The van der Waals surface area contributed by atoms with Crippen LogP contribution in [0, 0.1) is 0 Å². The average Bonchev–Trinajstić information content (AvgIpc) is 3.01. The van der Waals surface area contributed by atoms with E-state index in [2.05, 4.69) is 72.3 Å². The van der Waals surface area contributed by atoms with Crippen LogP contribution in [0.15, 0.2) is 48.9 Å². The first kappa shape index (κ1) is 12.5. The van der Waals surface area contributed by atoms with Gasteiger partial charge in [0.2, 0.25) is 0 Å². The Morgan fingerprint density at radius 1 is 1.10 bits per heavy atom. The first-order chi connectivity index (χ1) is 10.1. The van der Waals surface area contributed by atoms with Crippen molar-refractivity contribution in [1.29, 1.82) is 0 Å². The van der Waals surface area contributed by atoms with E-state index in [0.29, 0.717) is 0 Å². The second kappa shape index (κ2) is 4.10. The van der Waals surface area contributed by atoms with Gasteiger partial charge in [-0.1, -0.05) is 26.0 Å². The van der Waals surface area contributed by atoms with Gasteiger partial charge < -0.3 is 9.80 Å². The molecule has 2 heterocycles. The van der Waals surface area contributed by atoms with Crippen molar-refractivity contribution in [3.05, 3.63) is 60.2 Å². The minimum Gasteiger partial charge on any atom is -0.361 e. The number of hydrogen-bond acceptors (Lipinski definition) is 3. The van der Waals surface area contributed by atoms with Crippen molar-refractivity contribution < 1.29 is 0 Å². The Hall–Kier alpha value is -2.29. The van der Waals surface area contributed by atoms with Crippen LogP contribution in [-0.2, 0) is 5.41 Å². The van der Waals surface area contributed by atoms with Crippen LogP contribution in [0.5, 0.6) is 0 Å². The van der Waals surface area contributed by atoms with Crippen molar-refractivity contribution in [2.24, 2.45) is 0 Å². The molecule has 0 fully saturated rings. The topological polar surface area (TPSA) is 19.4 Å². The maximum absolute atomic E-state index is 4.63. The fraction of sp³-hybridized carbons (Fsp3) is 0.278. The summed E-state index contributed by atoms with van der Waals surface area (Å²) in [6, 6.07) is 11.0. The monoisotopic (exact) mass is 277 g/mol. The van der Waals surface area contributed by atoms with Crippen molar-refractivity contribution in [2.45, 2.75) is 19.3 Å². The van der Waals surface area contributed by atoms with Gasteiger partial charge in [0.05, 0.1) is 12.4 Å². The zero-order valence-corrected chi connectivity index (χ0v) is 12.7. The Bertz CT molecular complexity index is 746. The predicted molar refractivity (Wildman–Crippen MR) is 86.1 cm³/mol. The highest BCUT2D eigenvalue weighted by atomic mass is 15.3. The summed E-state index contributed by atoms with van der Waals surface area (Å²) in [5.74, 6) is 0. The summed E-state index contributed by atoms with van der Waals surface area (Å²) in [4.78, 5) is 9.07. The van der Waals surface area contributed by atoms with E-state index in [1.54, 1.807) is 0 Å². The van der Waals surface area contributed by atoms with Crippen molar-refractivity contribution in [2.75, 3.05) is 18.6 Å². The molecule has 3 heteroatoms. The third-order valence-electron chi connectivity index (χ3n) is 4.57. The molecule has 4 rings (SSSR count). The summed E-state index contributed by atoms with van der Waals surface area (Å²) in [5.41, 5.74) is 6.38. The van der Waals surface area contributed by atoms with Gasteiger partial charge in [0.1, 0.15) is 0 Å². The Morgan fingerprint density at radius 3 is 2.71 bits per heavy atom. The van der Waals surface area contributed by atoms with Crippen LogP contribution >= 0.6 is 0 Å². The van der Waals surface area contributed by atoms with Crippen LogP contribution in [-0.4, -0.2) is 23.6 Å². The SMILES string of the molecule is CN1C=CN(c2ccc3c(c2)-c2cccnc2C3(C)C)C1. The van der Waals surface area contributed by atoms with Gasteiger partial charge in [-0.25, -0.2) is 0 Å². The van der Waals surface area contributed by atoms with Crippen LogP contribution < -0.4 is 4.90 Å².